The van der Waals surface area contributed by atoms with Gasteiger partial charge in [-0.15, -0.1) is 23.7 Å². The van der Waals surface area contributed by atoms with Crippen molar-refractivity contribution in [2.24, 2.45) is 0 Å². The van der Waals surface area contributed by atoms with Crippen LogP contribution in [0.25, 0.3) is 26.5 Å². The zero-order chi connectivity index (χ0) is 33.7. The number of nitrogens with zero attached hydrogens (tertiary/aromatic N) is 4. The van der Waals surface area contributed by atoms with Gasteiger partial charge in [0.05, 0.1) is 40.6 Å². The number of morpholine rings is 1. The fourth-order valence-electron chi connectivity index (χ4n) is 5.57. The molecule has 7 rings (SSSR count). The zero-order valence-corrected chi connectivity index (χ0v) is 28.6. The summed E-state index contributed by atoms with van der Waals surface area (Å²) in [6.07, 6.45) is 5.05. The van der Waals surface area contributed by atoms with Gasteiger partial charge in [-0.1, -0.05) is 24.3 Å². The van der Waals surface area contributed by atoms with Gasteiger partial charge in [0.15, 0.2) is 11.6 Å². The topological polar surface area (TPSA) is 108 Å². The van der Waals surface area contributed by atoms with Crippen LogP contribution in [0.5, 0.6) is 17.2 Å². The van der Waals surface area contributed by atoms with Gasteiger partial charge in [-0.25, -0.2) is 4.39 Å². The molecule has 50 heavy (non-hydrogen) atoms. The number of fused-ring (bicyclic) bond motifs is 1. The Hall–Kier alpha value is -5.14. The fourth-order valence-corrected chi connectivity index (χ4v) is 6.61. The van der Waals surface area contributed by atoms with E-state index in [1.807, 2.05) is 24.4 Å². The second-order valence-corrected chi connectivity index (χ2v) is 12.3. The first kappa shape index (κ1) is 34.7. The summed E-state index contributed by atoms with van der Waals surface area (Å²) >= 11 is 1.46. The Morgan fingerprint density at radius 3 is 2.54 bits per heavy atom. The van der Waals surface area contributed by atoms with E-state index in [9.17, 15) is 9.59 Å². The normalized spacial score (nSPS) is 13.1. The van der Waals surface area contributed by atoms with Crippen molar-refractivity contribution in [3.8, 4) is 33.5 Å². The van der Waals surface area contributed by atoms with Crippen LogP contribution in [0.3, 0.4) is 0 Å². The maximum absolute atomic E-state index is 15.4. The molecule has 4 aromatic heterocycles. The molecule has 1 saturated heterocycles. The molecule has 256 valence electrons. The predicted molar refractivity (Wildman–Crippen MR) is 194 cm³/mol. The molecule has 1 aliphatic rings. The maximum atomic E-state index is 15.4. The second kappa shape index (κ2) is 15.6. The number of carbonyl (C=O) groups excluding carboxylic acids is 1. The molecular formula is C37H33ClFN5O5S. The lowest BCUT2D eigenvalue weighted by Gasteiger charge is -2.26. The highest BCUT2D eigenvalue weighted by Crippen LogP contribution is 2.39. The molecule has 0 unspecified atom stereocenters. The number of rotatable bonds is 10. The molecule has 1 aliphatic heterocycles. The summed E-state index contributed by atoms with van der Waals surface area (Å²) in [6.45, 7) is 6.15. The molecule has 1 fully saturated rings. The lowest BCUT2D eigenvalue weighted by atomic mass is 10.2. The third-order valence-corrected chi connectivity index (χ3v) is 9.15. The van der Waals surface area contributed by atoms with E-state index < -0.39 is 17.3 Å². The van der Waals surface area contributed by atoms with Crippen LogP contribution in [0, 0.1) is 5.82 Å². The van der Waals surface area contributed by atoms with Gasteiger partial charge in [0.25, 0.3) is 11.5 Å². The standard InChI is InChI=1S/C37H32FN5O5S.ClH/c1-2-47-31-13-15-43(26-6-4-3-5-7-26)37(45)34(31)36(44)41-25-9-11-30(27(38)20-25)48-32-12-14-39-29-21-33(49-35(29)32)28-10-8-24(22-40-28)23-42-16-18-46-19-17-42;/h3-15,20-22H,2,16-19,23H2,1H3,(H,41,44);1H. The Bertz CT molecular complexity index is 2170. The van der Waals surface area contributed by atoms with E-state index in [4.69, 9.17) is 19.2 Å². The highest BCUT2D eigenvalue weighted by molar-refractivity contribution is 7.22. The minimum atomic E-state index is -0.725. The van der Waals surface area contributed by atoms with Crippen molar-refractivity contribution in [2.75, 3.05) is 38.2 Å². The average molecular weight is 714 g/mol. The Balaban J connectivity index is 0.00000432. The molecule has 1 N–H and O–H groups in total. The number of thiophene rings is 1. The minimum Gasteiger partial charge on any atom is -0.493 e. The first-order chi connectivity index (χ1) is 24.0. The van der Waals surface area contributed by atoms with Crippen molar-refractivity contribution >= 4 is 45.6 Å². The molecule has 0 spiro atoms. The average Bonchev–Trinajstić information content (AvgIpc) is 3.56. The molecule has 0 radical (unpaired) electrons. The van der Waals surface area contributed by atoms with E-state index in [-0.39, 0.29) is 41.8 Å². The minimum absolute atomic E-state index is 0. The van der Waals surface area contributed by atoms with Gasteiger partial charge in [-0.2, -0.15) is 0 Å². The molecule has 0 aliphatic carbocycles. The lowest BCUT2D eigenvalue weighted by molar-refractivity contribution is 0.0341. The number of amides is 1. The molecule has 13 heteroatoms. The summed E-state index contributed by atoms with van der Waals surface area (Å²) in [4.78, 5) is 39.3. The van der Waals surface area contributed by atoms with Crippen molar-refractivity contribution < 1.29 is 23.4 Å². The molecule has 0 bridgehead atoms. The van der Waals surface area contributed by atoms with Crippen molar-refractivity contribution in [2.45, 2.75) is 13.5 Å². The number of hydrogen-bond donors (Lipinski definition) is 1. The number of nitrogens with one attached hydrogen (secondary N) is 1. The monoisotopic (exact) mass is 713 g/mol. The van der Waals surface area contributed by atoms with Crippen LogP contribution in [0.1, 0.15) is 22.8 Å². The Kier molecular flexibility index (Phi) is 10.8. The fraction of sp³-hybridized carbons (Fsp3) is 0.189. The number of carbonyl (C=O) groups is 1. The largest absolute Gasteiger partial charge is 0.493 e. The number of pyridine rings is 3. The highest BCUT2D eigenvalue weighted by Gasteiger charge is 2.21. The van der Waals surface area contributed by atoms with Crippen molar-refractivity contribution in [3.63, 3.8) is 0 Å². The van der Waals surface area contributed by atoms with Gasteiger partial charge in [-0.05, 0) is 55.0 Å². The molecule has 6 aromatic rings. The quantitative estimate of drug-likeness (QED) is 0.157. The van der Waals surface area contributed by atoms with Crippen LogP contribution in [-0.4, -0.2) is 58.3 Å². The summed E-state index contributed by atoms with van der Waals surface area (Å²) in [6, 6.07) is 22.3. The van der Waals surface area contributed by atoms with E-state index in [0.717, 1.165) is 59.7 Å². The second-order valence-electron chi connectivity index (χ2n) is 11.3. The number of para-hydroxylation sites is 1. The summed E-state index contributed by atoms with van der Waals surface area (Å²) in [5, 5.41) is 2.64. The SMILES string of the molecule is CCOc1ccn(-c2ccccc2)c(=O)c1C(=O)Nc1ccc(Oc2ccnc3cc(-c4ccc(CN5CCOCC5)cn4)sc23)c(F)c1.Cl. The van der Waals surface area contributed by atoms with Crippen LogP contribution >= 0.6 is 23.7 Å². The van der Waals surface area contributed by atoms with Gasteiger partial charge in [0, 0.05) is 61.7 Å². The third-order valence-electron chi connectivity index (χ3n) is 7.99. The van der Waals surface area contributed by atoms with E-state index in [2.05, 4.69) is 21.3 Å². The van der Waals surface area contributed by atoms with Crippen molar-refractivity contribution in [1.29, 1.82) is 0 Å². The highest BCUT2D eigenvalue weighted by atomic mass is 35.5. The smallest absolute Gasteiger partial charge is 0.271 e. The molecule has 0 saturated carbocycles. The van der Waals surface area contributed by atoms with Gasteiger partial charge in [0.1, 0.15) is 17.1 Å². The predicted octanol–water partition coefficient (Wildman–Crippen LogP) is 7.35. The van der Waals surface area contributed by atoms with Gasteiger partial charge >= 0.3 is 0 Å². The Labute approximate surface area is 297 Å². The molecular weight excluding hydrogens is 681 g/mol. The molecule has 0 atom stereocenters. The third kappa shape index (κ3) is 7.53. The van der Waals surface area contributed by atoms with Crippen LogP contribution in [0.2, 0.25) is 0 Å². The number of benzene rings is 2. The Morgan fingerprint density at radius 2 is 1.80 bits per heavy atom. The Morgan fingerprint density at radius 1 is 0.980 bits per heavy atom. The van der Waals surface area contributed by atoms with E-state index in [1.165, 1.54) is 28.0 Å². The van der Waals surface area contributed by atoms with Gasteiger partial charge in [0.2, 0.25) is 0 Å². The molecule has 5 heterocycles. The van der Waals surface area contributed by atoms with Crippen LogP contribution < -0.4 is 20.3 Å². The summed E-state index contributed by atoms with van der Waals surface area (Å²) in [5.74, 6) is -0.887. The van der Waals surface area contributed by atoms with Crippen LogP contribution in [-0.2, 0) is 11.3 Å². The molecule has 2 aromatic carbocycles. The number of ether oxygens (including phenoxy) is 3. The van der Waals surface area contributed by atoms with Crippen LogP contribution in [0.4, 0.5) is 10.1 Å². The number of aromatic nitrogens is 3. The number of anilines is 1. The van der Waals surface area contributed by atoms with E-state index in [0.29, 0.717) is 17.0 Å². The summed E-state index contributed by atoms with van der Waals surface area (Å²) in [7, 11) is 0. The maximum Gasteiger partial charge on any atom is 0.271 e. The van der Waals surface area contributed by atoms with Gasteiger partial charge < -0.3 is 19.5 Å². The molecule has 1 amide bonds. The van der Waals surface area contributed by atoms with Gasteiger partial charge in [-0.3, -0.25) is 29.0 Å². The van der Waals surface area contributed by atoms with Crippen molar-refractivity contribution in [1.82, 2.24) is 19.4 Å². The zero-order valence-electron chi connectivity index (χ0n) is 27.0. The first-order valence-electron chi connectivity index (χ1n) is 15.8. The summed E-state index contributed by atoms with van der Waals surface area (Å²) < 4.78 is 34.6. The van der Waals surface area contributed by atoms with E-state index in [1.54, 1.807) is 55.7 Å². The number of halogens is 2. The summed E-state index contributed by atoms with van der Waals surface area (Å²) in [5.41, 5.74) is 2.63. The number of hydrogen-bond acceptors (Lipinski definition) is 9. The van der Waals surface area contributed by atoms with E-state index >= 15 is 4.39 Å². The van der Waals surface area contributed by atoms with Crippen molar-refractivity contribution in [3.05, 3.63) is 125 Å². The lowest BCUT2D eigenvalue weighted by Crippen LogP contribution is -2.35. The molecule has 10 nitrogen and oxygen atoms in total. The van der Waals surface area contributed by atoms with Crippen LogP contribution in [0.15, 0.2) is 102 Å². The first-order valence-corrected chi connectivity index (χ1v) is 16.6.